The second kappa shape index (κ2) is 4.50. The van der Waals surface area contributed by atoms with E-state index in [9.17, 15) is 13.2 Å². The van der Waals surface area contributed by atoms with Crippen LogP contribution < -0.4 is 11.3 Å². The number of alkyl halides is 3. The summed E-state index contributed by atoms with van der Waals surface area (Å²) in [5, 5.41) is 3.46. The molecule has 0 unspecified atom stereocenters. The number of aryl methyl sites for hydroxylation is 1. The van der Waals surface area contributed by atoms with Gasteiger partial charge in [0, 0.05) is 11.8 Å². The smallest absolute Gasteiger partial charge is 0.308 e. The van der Waals surface area contributed by atoms with Crippen LogP contribution in [-0.2, 0) is 6.18 Å². The molecule has 2 aromatic heterocycles. The van der Waals surface area contributed by atoms with E-state index in [0.717, 1.165) is 10.7 Å². The molecule has 2 aromatic rings. The van der Waals surface area contributed by atoms with E-state index in [2.05, 4.69) is 20.5 Å². The molecular weight excluding hydrogens is 261 g/mol. The first-order valence-corrected chi connectivity index (χ1v) is 5.28. The standard InChI is InChI=1S/C10H11F3N6/c1-5-8(17-14)15-6(2)16-9(5)19-4-3-7(18-19)10(11,12)13/h3-4H,14H2,1-2H3,(H,15,16,17). The summed E-state index contributed by atoms with van der Waals surface area (Å²) in [6.07, 6.45) is -3.30. The fraction of sp³-hybridized carbons (Fsp3) is 0.300. The number of aromatic nitrogens is 4. The Bertz CT molecular complexity index is 604. The average molecular weight is 272 g/mol. The van der Waals surface area contributed by atoms with Crippen LogP contribution in [0.3, 0.4) is 0 Å². The SMILES string of the molecule is Cc1nc(NN)c(C)c(-n2ccc(C(F)(F)F)n2)n1. The molecule has 0 aliphatic heterocycles. The molecular formula is C10H11F3N6. The first-order chi connectivity index (χ1) is 8.82. The maximum Gasteiger partial charge on any atom is 0.435 e. The summed E-state index contributed by atoms with van der Waals surface area (Å²) in [4.78, 5) is 8.10. The highest BCUT2D eigenvalue weighted by molar-refractivity contribution is 5.50. The zero-order valence-corrected chi connectivity index (χ0v) is 10.2. The molecule has 0 aromatic carbocycles. The number of rotatable bonds is 2. The number of nitrogens with one attached hydrogen (secondary N) is 1. The van der Waals surface area contributed by atoms with Crippen LogP contribution in [0, 0.1) is 13.8 Å². The van der Waals surface area contributed by atoms with Crippen LogP contribution in [0.2, 0.25) is 0 Å². The molecule has 9 heteroatoms. The van der Waals surface area contributed by atoms with Gasteiger partial charge in [-0.1, -0.05) is 0 Å². The van der Waals surface area contributed by atoms with E-state index in [4.69, 9.17) is 5.84 Å². The Morgan fingerprint density at radius 1 is 1.26 bits per heavy atom. The predicted octanol–water partition coefficient (Wildman–Crippen LogP) is 1.58. The maximum absolute atomic E-state index is 12.5. The summed E-state index contributed by atoms with van der Waals surface area (Å²) in [5.74, 6) is 6.25. The largest absolute Gasteiger partial charge is 0.435 e. The minimum atomic E-state index is -4.49. The van der Waals surface area contributed by atoms with Gasteiger partial charge in [0.15, 0.2) is 11.5 Å². The van der Waals surface area contributed by atoms with E-state index in [1.165, 1.54) is 6.20 Å². The van der Waals surface area contributed by atoms with Crippen molar-refractivity contribution in [3.63, 3.8) is 0 Å². The van der Waals surface area contributed by atoms with Gasteiger partial charge in [-0.3, -0.25) is 0 Å². The van der Waals surface area contributed by atoms with Crippen LogP contribution >= 0.6 is 0 Å². The molecule has 0 saturated carbocycles. The van der Waals surface area contributed by atoms with Crippen molar-refractivity contribution in [2.45, 2.75) is 20.0 Å². The molecule has 6 nitrogen and oxygen atoms in total. The van der Waals surface area contributed by atoms with Crippen LogP contribution in [-0.4, -0.2) is 19.7 Å². The molecule has 102 valence electrons. The van der Waals surface area contributed by atoms with Gasteiger partial charge in [-0.05, 0) is 19.9 Å². The number of hydrogen-bond donors (Lipinski definition) is 2. The van der Waals surface area contributed by atoms with Crippen LogP contribution in [0.5, 0.6) is 0 Å². The molecule has 0 spiro atoms. The third kappa shape index (κ3) is 2.50. The minimum absolute atomic E-state index is 0.246. The fourth-order valence-corrected chi connectivity index (χ4v) is 1.57. The van der Waals surface area contributed by atoms with E-state index >= 15 is 0 Å². The second-order valence-electron chi connectivity index (χ2n) is 3.86. The number of nitrogens with two attached hydrogens (primary N) is 1. The van der Waals surface area contributed by atoms with Crippen LogP contribution in [0.1, 0.15) is 17.1 Å². The highest BCUT2D eigenvalue weighted by Crippen LogP contribution is 2.28. The molecule has 0 aliphatic carbocycles. The van der Waals surface area contributed by atoms with Crippen LogP contribution in [0.15, 0.2) is 12.3 Å². The normalized spacial score (nSPS) is 11.7. The monoisotopic (exact) mass is 272 g/mol. The Balaban J connectivity index is 2.53. The van der Waals surface area contributed by atoms with Crippen LogP contribution in [0.25, 0.3) is 5.82 Å². The van der Waals surface area contributed by atoms with Crippen molar-refractivity contribution >= 4 is 5.82 Å². The molecule has 0 bridgehead atoms. The van der Waals surface area contributed by atoms with Crippen molar-refractivity contribution in [2.24, 2.45) is 5.84 Å². The Morgan fingerprint density at radius 3 is 2.47 bits per heavy atom. The average Bonchev–Trinajstić information content (AvgIpc) is 2.80. The third-order valence-electron chi connectivity index (χ3n) is 2.47. The summed E-state index contributed by atoms with van der Waals surface area (Å²) in [6, 6.07) is 0.881. The molecule has 0 atom stereocenters. The van der Waals surface area contributed by atoms with E-state index in [0.29, 0.717) is 17.2 Å². The zero-order valence-electron chi connectivity index (χ0n) is 10.2. The second-order valence-corrected chi connectivity index (χ2v) is 3.86. The molecule has 2 rings (SSSR count). The van der Waals surface area contributed by atoms with Crippen molar-refractivity contribution < 1.29 is 13.2 Å². The molecule has 2 heterocycles. The van der Waals surface area contributed by atoms with Gasteiger partial charge in [-0.25, -0.2) is 20.5 Å². The van der Waals surface area contributed by atoms with E-state index in [-0.39, 0.29) is 5.82 Å². The van der Waals surface area contributed by atoms with Gasteiger partial charge in [0.25, 0.3) is 0 Å². The lowest BCUT2D eigenvalue weighted by Crippen LogP contribution is -2.15. The van der Waals surface area contributed by atoms with Crippen LogP contribution in [0.4, 0.5) is 19.0 Å². The summed E-state index contributed by atoms with van der Waals surface area (Å²) in [5.41, 5.74) is 1.89. The lowest BCUT2D eigenvalue weighted by atomic mass is 10.3. The van der Waals surface area contributed by atoms with E-state index < -0.39 is 11.9 Å². The third-order valence-corrected chi connectivity index (χ3v) is 2.47. The number of nitrogen functional groups attached to an aromatic ring is 1. The Kier molecular flexibility index (Phi) is 3.14. The van der Waals surface area contributed by atoms with Crippen molar-refractivity contribution in [1.82, 2.24) is 19.7 Å². The number of hydrazine groups is 1. The fourth-order valence-electron chi connectivity index (χ4n) is 1.57. The summed E-state index contributed by atoms with van der Waals surface area (Å²) in [6.45, 7) is 3.25. The highest BCUT2D eigenvalue weighted by Gasteiger charge is 2.33. The van der Waals surface area contributed by atoms with Gasteiger partial charge in [-0.2, -0.15) is 18.3 Å². The Hall–Kier alpha value is -2.16. The van der Waals surface area contributed by atoms with Gasteiger partial charge in [-0.15, -0.1) is 0 Å². The van der Waals surface area contributed by atoms with Crippen molar-refractivity contribution in [2.75, 3.05) is 5.43 Å². The zero-order chi connectivity index (χ0) is 14.2. The summed E-state index contributed by atoms with van der Waals surface area (Å²) in [7, 11) is 0. The topological polar surface area (TPSA) is 81.6 Å². The number of hydrogen-bond acceptors (Lipinski definition) is 5. The van der Waals surface area contributed by atoms with Gasteiger partial charge in [0.05, 0.1) is 0 Å². The number of nitrogens with zero attached hydrogens (tertiary/aromatic N) is 4. The van der Waals surface area contributed by atoms with Crippen molar-refractivity contribution in [3.05, 3.63) is 29.3 Å². The lowest BCUT2D eigenvalue weighted by molar-refractivity contribution is -0.141. The van der Waals surface area contributed by atoms with Gasteiger partial charge in [0.2, 0.25) is 0 Å². The first kappa shape index (κ1) is 13.3. The predicted molar refractivity (Wildman–Crippen MR) is 61.4 cm³/mol. The Morgan fingerprint density at radius 2 is 1.95 bits per heavy atom. The molecule has 0 amide bonds. The number of halogens is 3. The number of anilines is 1. The first-order valence-electron chi connectivity index (χ1n) is 5.28. The lowest BCUT2D eigenvalue weighted by Gasteiger charge is -2.10. The van der Waals surface area contributed by atoms with Crippen molar-refractivity contribution in [1.29, 1.82) is 0 Å². The van der Waals surface area contributed by atoms with Gasteiger partial charge < -0.3 is 5.43 Å². The van der Waals surface area contributed by atoms with Gasteiger partial charge in [0.1, 0.15) is 11.6 Å². The highest BCUT2D eigenvalue weighted by atomic mass is 19.4. The summed E-state index contributed by atoms with van der Waals surface area (Å²) < 4.78 is 38.6. The minimum Gasteiger partial charge on any atom is -0.308 e. The van der Waals surface area contributed by atoms with Crippen molar-refractivity contribution in [3.8, 4) is 5.82 Å². The summed E-state index contributed by atoms with van der Waals surface area (Å²) >= 11 is 0. The van der Waals surface area contributed by atoms with E-state index in [1.54, 1.807) is 13.8 Å². The molecule has 0 aliphatic rings. The molecule has 3 N–H and O–H groups in total. The molecule has 0 saturated heterocycles. The molecule has 0 radical (unpaired) electrons. The maximum atomic E-state index is 12.5. The Labute approximate surface area is 106 Å². The molecule has 19 heavy (non-hydrogen) atoms. The van der Waals surface area contributed by atoms with Gasteiger partial charge >= 0.3 is 6.18 Å². The van der Waals surface area contributed by atoms with E-state index in [1.807, 2.05) is 0 Å². The quantitative estimate of drug-likeness (QED) is 0.640. The molecule has 0 fully saturated rings.